The van der Waals surface area contributed by atoms with Gasteiger partial charge in [-0.05, 0) is 55.7 Å². The van der Waals surface area contributed by atoms with Gasteiger partial charge in [-0.3, -0.25) is 4.79 Å². The van der Waals surface area contributed by atoms with Gasteiger partial charge in [-0.15, -0.1) is 0 Å². The minimum absolute atomic E-state index is 0.0593. The summed E-state index contributed by atoms with van der Waals surface area (Å²) in [5.41, 5.74) is 14.6. The third-order valence-electron chi connectivity index (χ3n) is 3.82. The lowest BCUT2D eigenvalue weighted by molar-refractivity contribution is 0.112. The van der Waals surface area contributed by atoms with E-state index in [1.807, 2.05) is 6.92 Å². The molecular weight excluding hydrogens is 334 g/mol. The standard InChI is InChI=1S/C21H24F2N2O/c1-4-7-18(15-8-9-19(23)16(12-15)13-26)21(25)20(24)11-14(5-2)10-17(22)6-3/h4-10,12-13,20H,3,11,24-25H2,1-2H3/b7-4-,14-5+,17-10+,21-18+. The van der Waals surface area contributed by atoms with Crippen molar-refractivity contribution in [3.8, 4) is 0 Å². The van der Waals surface area contributed by atoms with Gasteiger partial charge in [0.25, 0.3) is 0 Å². The van der Waals surface area contributed by atoms with Crippen LogP contribution in [0.25, 0.3) is 5.57 Å². The number of carbonyl (C=O) groups is 1. The zero-order chi connectivity index (χ0) is 19.7. The van der Waals surface area contributed by atoms with Crippen molar-refractivity contribution in [3.05, 3.63) is 89.2 Å². The number of halogens is 2. The first-order valence-electron chi connectivity index (χ1n) is 8.15. The summed E-state index contributed by atoms with van der Waals surface area (Å²) >= 11 is 0. The van der Waals surface area contributed by atoms with Crippen LogP contribution in [0.5, 0.6) is 0 Å². The Bertz CT molecular complexity index is 789. The summed E-state index contributed by atoms with van der Waals surface area (Å²) in [6.45, 7) is 6.96. The Hall–Kier alpha value is -2.79. The predicted octanol–water partition coefficient (Wildman–Crippen LogP) is 4.59. The third-order valence-corrected chi connectivity index (χ3v) is 3.82. The van der Waals surface area contributed by atoms with E-state index < -0.39 is 17.7 Å². The van der Waals surface area contributed by atoms with Gasteiger partial charge in [0.1, 0.15) is 11.6 Å². The Morgan fingerprint density at radius 1 is 1.35 bits per heavy atom. The lowest BCUT2D eigenvalue weighted by Crippen LogP contribution is -2.29. The second kappa shape index (κ2) is 10.3. The Morgan fingerprint density at radius 2 is 2.04 bits per heavy atom. The van der Waals surface area contributed by atoms with Crippen molar-refractivity contribution in [3.63, 3.8) is 0 Å². The molecule has 0 radical (unpaired) electrons. The number of hydrogen-bond acceptors (Lipinski definition) is 3. The molecule has 1 aromatic rings. The molecule has 0 aliphatic rings. The highest BCUT2D eigenvalue weighted by Gasteiger charge is 2.14. The van der Waals surface area contributed by atoms with Gasteiger partial charge < -0.3 is 11.5 Å². The number of hydrogen-bond donors (Lipinski definition) is 2. The lowest BCUT2D eigenvalue weighted by Gasteiger charge is -2.17. The molecule has 1 atom stereocenters. The molecule has 0 amide bonds. The second-order valence-electron chi connectivity index (χ2n) is 5.63. The number of benzene rings is 1. The van der Waals surface area contributed by atoms with Crippen molar-refractivity contribution in [2.24, 2.45) is 11.5 Å². The molecule has 0 heterocycles. The van der Waals surface area contributed by atoms with Crippen LogP contribution >= 0.6 is 0 Å². The van der Waals surface area contributed by atoms with Crippen molar-refractivity contribution < 1.29 is 13.6 Å². The molecule has 0 aromatic heterocycles. The van der Waals surface area contributed by atoms with E-state index >= 15 is 0 Å². The zero-order valence-corrected chi connectivity index (χ0v) is 15.0. The molecule has 1 unspecified atom stereocenters. The summed E-state index contributed by atoms with van der Waals surface area (Å²) in [5, 5.41) is 0. The number of carbonyl (C=O) groups excluding carboxylic acids is 1. The van der Waals surface area contributed by atoms with Gasteiger partial charge in [0.05, 0.1) is 5.56 Å². The highest BCUT2D eigenvalue weighted by molar-refractivity contribution is 5.82. The number of allylic oxidation sites excluding steroid dienone is 7. The van der Waals surface area contributed by atoms with E-state index in [1.54, 1.807) is 25.2 Å². The summed E-state index contributed by atoms with van der Waals surface area (Å²) in [6, 6.07) is 3.57. The average molecular weight is 358 g/mol. The molecule has 0 fully saturated rings. The summed E-state index contributed by atoms with van der Waals surface area (Å²) in [4.78, 5) is 11.0. The van der Waals surface area contributed by atoms with Crippen LogP contribution in [0.4, 0.5) is 8.78 Å². The Balaban J connectivity index is 3.29. The average Bonchev–Trinajstić information content (AvgIpc) is 2.65. The van der Waals surface area contributed by atoms with Gasteiger partial charge >= 0.3 is 0 Å². The molecule has 138 valence electrons. The highest BCUT2D eigenvalue weighted by Crippen LogP contribution is 2.24. The minimum atomic E-state index is -0.604. The minimum Gasteiger partial charge on any atom is -0.400 e. The van der Waals surface area contributed by atoms with Crippen molar-refractivity contribution in [2.45, 2.75) is 26.3 Å². The number of nitrogens with two attached hydrogens (primary N) is 2. The molecular formula is C21H24F2N2O. The quantitative estimate of drug-likeness (QED) is 0.528. The van der Waals surface area contributed by atoms with Gasteiger partial charge in [0, 0.05) is 17.3 Å². The van der Waals surface area contributed by atoms with Crippen LogP contribution in [0.2, 0.25) is 0 Å². The van der Waals surface area contributed by atoms with Gasteiger partial charge in [-0.1, -0.05) is 30.9 Å². The van der Waals surface area contributed by atoms with Crippen LogP contribution in [0.15, 0.2) is 72.3 Å². The monoisotopic (exact) mass is 358 g/mol. The maximum Gasteiger partial charge on any atom is 0.153 e. The molecule has 3 nitrogen and oxygen atoms in total. The van der Waals surface area contributed by atoms with E-state index in [9.17, 15) is 13.6 Å². The normalized spacial score (nSPS) is 15.0. The SMILES string of the molecule is C=C/C(F)=C\C(=C/C)CC(N)/C(N)=C(/C=C\C)c1ccc(F)c(C=O)c1. The fourth-order valence-electron chi connectivity index (χ4n) is 2.39. The molecule has 0 aliphatic heterocycles. The van der Waals surface area contributed by atoms with Crippen LogP contribution < -0.4 is 11.5 Å². The largest absolute Gasteiger partial charge is 0.400 e. The molecule has 1 rings (SSSR count). The van der Waals surface area contributed by atoms with E-state index in [4.69, 9.17) is 11.5 Å². The van der Waals surface area contributed by atoms with Crippen molar-refractivity contribution >= 4 is 11.9 Å². The molecule has 4 N–H and O–H groups in total. The third kappa shape index (κ3) is 5.63. The first-order valence-corrected chi connectivity index (χ1v) is 8.15. The van der Waals surface area contributed by atoms with Crippen LogP contribution in [-0.2, 0) is 0 Å². The summed E-state index contributed by atoms with van der Waals surface area (Å²) < 4.78 is 27.0. The van der Waals surface area contributed by atoms with E-state index in [0.29, 0.717) is 35.1 Å². The molecule has 0 bridgehead atoms. The smallest absolute Gasteiger partial charge is 0.153 e. The first kappa shape index (κ1) is 21.3. The topological polar surface area (TPSA) is 69.1 Å². The zero-order valence-electron chi connectivity index (χ0n) is 15.0. The first-order chi connectivity index (χ1) is 12.4. The Kier molecular flexibility index (Phi) is 8.38. The second-order valence-corrected chi connectivity index (χ2v) is 5.63. The van der Waals surface area contributed by atoms with Gasteiger partial charge in [-0.2, -0.15) is 0 Å². The van der Waals surface area contributed by atoms with Crippen molar-refractivity contribution in [2.75, 3.05) is 0 Å². The van der Waals surface area contributed by atoms with Crippen LogP contribution in [0, 0.1) is 5.82 Å². The molecule has 26 heavy (non-hydrogen) atoms. The van der Waals surface area contributed by atoms with E-state index in [1.165, 1.54) is 24.3 Å². The van der Waals surface area contributed by atoms with E-state index in [0.717, 1.165) is 6.08 Å². The van der Waals surface area contributed by atoms with Crippen LogP contribution in [0.3, 0.4) is 0 Å². The summed E-state index contributed by atoms with van der Waals surface area (Å²) in [6.07, 6.45) is 8.47. The molecule has 1 aromatic carbocycles. The van der Waals surface area contributed by atoms with Crippen molar-refractivity contribution in [1.82, 2.24) is 0 Å². The maximum atomic E-state index is 13.6. The summed E-state index contributed by atoms with van der Waals surface area (Å²) in [7, 11) is 0. The van der Waals surface area contributed by atoms with Gasteiger partial charge in [-0.25, -0.2) is 8.78 Å². The fraction of sp³-hybridized carbons (Fsp3) is 0.190. The lowest BCUT2D eigenvalue weighted by atomic mass is 9.95. The summed E-state index contributed by atoms with van der Waals surface area (Å²) in [5.74, 6) is -1.07. The Morgan fingerprint density at radius 3 is 2.58 bits per heavy atom. The Labute approximate surface area is 153 Å². The molecule has 0 saturated heterocycles. The number of aldehydes is 1. The van der Waals surface area contributed by atoms with Crippen LogP contribution in [0.1, 0.15) is 36.2 Å². The fourth-order valence-corrected chi connectivity index (χ4v) is 2.39. The van der Waals surface area contributed by atoms with Gasteiger partial charge in [0.2, 0.25) is 0 Å². The molecule has 0 saturated carbocycles. The predicted molar refractivity (Wildman–Crippen MR) is 103 cm³/mol. The molecule has 0 aliphatic carbocycles. The highest BCUT2D eigenvalue weighted by atomic mass is 19.1. The maximum absolute atomic E-state index is 13.6. The molecule has 5 heteroatoms. The van der Waals surface area contributed by atoms with Crippen LogP contribution in [-0.4, -0.2) is 12.3 Å². The molecule has 0 spiro atoms. The number of rotatable bonds is 8. The van der Waals surface area contributed by atoms with E-state index in [2.05, 4.69) is 6.58 Å². The van der Waals surface area contributed by atoms with Crippen molar-refractivity contribution in [1.29, 1.82) is 0 Å². The van der Waals surface area contributed by atoms with Gasteiger partial charge in [0.15, 0.2) is 6.29 Å². The van der Waals surface area contributed by atoms with E-state index in [-0.39, 0.29) is 5.56 Å².